The number of amides is 1. The molecule has 0 bridgehead atoms. The molecule has 8 nitrogen and oxygen atoms in total. The molecule has 0 saturated heterocycles. The topological polar surface area (TPSA) is 85.4 Å². The SMILES string of the molecule is COc1ccc([C@@H]2Sc3cc(C(=O)OC(C)C)ccc3N(C[I-]N(C)C)C(=O)[C@@H]2OC(C)=O)cc1. The number of hydrogen-bond acceptors (Lipinski definition) is 8. The summed E-state index contributed by atoms with van der Waals surface area (Å²) in [4.78, 5) is 41.0. The van der Waals surface area contributed by atoms with E-state index < -0.39 is 44.8 Å². The van der Waals surface area contributed by atoms with Crippen molar-refractivity contribution in [2.45, 2.75) is 43.1 Å². The molecule has 0 aromatic heterocycles. The molecule has 10 heteroatoms. The molecule has 0 saturated carbocycles. The summed E-state index contributed by atoms with van der Waals surface area (Å²) in [6.07, 6.45) is -1.28. The molecule has 1 aliphatic rings. The van der Waals surface area contributed by atoms with E-state index >= 15 is 0 Å². The number of esters is 2. The van der Waals surface area contributed by atoms with Gasteiger partial charge in [-0.25, -0.2) is 0 Å². The van der Waals surface area contributed by atoms with Crippen LogP contribution in [0.25, 0.3) is 0 Å². The van der Waals surface area contributed by atoms with E-state index in [0.29, 0.717) is 21.6 Å². The Morgan fingerprint density at radius 3 is 2.40 bits per heavy atom. The Balaban J connectivity index is 2.12. The second-order valence-electron chi connectivity index (χ2n) is 8.27. The van der Waals surface area contributed by atoms with Crippen LogP contribution in [-0.2, 0) is 19.1 Å². The van der Waals surface area contributed by atoms with E-state index in [9.17, 15) is 14.4 Å². The summed E-state index contributed by atoms with van der Waals surface area (Å²) >= 11 is 0.902. The maximum atomic E-state index is 13.8. The second kappa shape index (κ2) is 12.1. The van der Waals surface area contributed by atoms with E-state index in [1.54, 1.807) is 44.1 Å². The van der Waals surface area contributed by atoms with Gasteiger partial charge in [-0.2, -0.15) is 0 Å². The van der Waals surface area contributed by atoms with Gasteiger partial charge in [-0.3, -0.25) is 0 Å². The van der Waals surface area contributed by atoms with E-state index in [4.69, 9.17) is 14.2 Å². The van der Waals surface area contributed by atoms with Crippen molar-refractivity contribution >= 4 is 35.3 Å². The number of carbonyl (C=O) groups excluding carboxylic acids is 3. The first kappa shape index (κ1) is 27.3. The molecule has 0 radical (unpaired) electrons. The van der Waals surface area contributed by atoms with E-state index in [1.807, 2.05) is 38.4 Å². The zero-order valence-corrected chi connectivity index (χ0v) is 23.6. The van der Waals surface area contributed by atoms with Crippen molar-refractivity contribution in [1.82, 2.24) is 3.11 Å². The van der Waals surface area contributed by atoms with Gasteiger partial charge >= 0.3 is 222 Å². The average Bonchev–Trinajstić information content (AvgIpc) is 2.91. The van der Waals surface area contributed by atoms with Gasteiger partial charge < -0.3 is 0 Å². The first-order valence-corrected chi connectivity index (χ1v) is 14.4. The zero-order chi connectivity index (χ0) is 25.7. The number of thioether (sulfide) groups is 1. The number of hydrogen-bond donors (Lipinski definition) is 0. The number of anilines is 1. The van der Waals surface area contributed by atoms with Crippen LogP contribution < -0.4 is 31.1 Å². The second-order valence-corrected chi connectivity index (χ2v) is 12.7. The first-order valence-electron chi connectivity index (χ1n) is 11.0. The van der Waals surface area contributed by atoms with Gasteiger partial charge in [-0.15, -0.1) is 0 Å². The predicted molar refractivity (Wildman–Crippen MR) is 130 cm³/mol. The van der Waals surface area contributed by atoms with Gasteiger partial charge in [-0.1, -0.05) is 0 Å². The minimum atomic E-state index is -1.03. The van der Waals surface area contributed by atoms with Crippen LogP contribution in [-0.4, -0.2) is 58.9 Å². The molecule has 0 aliphatic carbocycles. The summed E-state index contributed by atoms with van der Waals surface area (Å²) in [7, 11) is 5.53. The maximum absolute atomic E-state index is 13.8. The molecule has 2 aromatic rings. The number of halogens is 1. The molecule has 3 rings (SSSR count). The molecule has 1 aliphatic heterocycles. The molecular formula is C25H30IN2O6S-. The molecule has 0 unspecified atom stereocenters. The number of alkyl halides is 1. The third-order valence-electron chi connectivity index (χ3n) is 5.02. The number of rotatable bonds is 8. The number of carbonyl (C=O) groups is 3. The van der Waals surface area contributed by atoms with Gasteiger partial charge in [0.25, 0.3) is 0 Å². The fraction of sp³-hybridized carbons (Fsp3) is 0.400. The summed E-state index contributed by atoms with van der Waals surface area (Å²) in [5.41, 5.74) is 1.90. The minimum absolute atomic E-state index is 0.253. The van der Waals surface area contributed by atoms with Crippen LogP contribution in [0.15, 0.2) is 47.4 Å². The van der Waals surface area contributed by atoms with Crippen LogP contribution in [0.3, 0.4) is 0 Å². The van der Waals surface area contributed by atoms with Gasteiger partial charge in [0.05, 0.1) is 0 Å². The summed E-state index contributed by atoms with van der Waals surface area (Å²) < 4.78 is 18.9. The quantitative estimate of drug-likeness (QED) is 0.143. The summed E-state index contributed by atoms with van der Waals surface area (Å²) in [6, 6.07) is 12.5. The molecular weight excluding hydrogens is 583 g/mol. The number of ether oxygens (including phenoxy) is 3. The Morgan fingerprint density at radius 2 is 1.83 bits per heavy atom. The molecule has 35 heavy (non-hydrogen) atoms. The Kier molecular flexibility index (Phi) is 9.42. The van der Waals surface area contributed by atoms with Crippen LogP contribution in [0.2, 0.25) is 0 Å². The third kappa shape index (κ3) is 6.89. The van der Waals surface area contributed by atoms with E-state index in [0.717, 1.165) is 10.5 Å². The Hall–Kier alpha value is -2.31. The summed E-state index contributed by atoms with van der Waals surface area (Å²) in [5.74, 6) is -0.564. The first-order chi connectivity index (χ1) is 16.6. The molecule has 190 valence electrons. The number of benzene rings is 2. The van der Waals surface area contributed by atoms with Gasteiger partial charge in [0.2, 0.25) is 0 Å². The fourth-order valence-electron chi connectivity index (χ4n) is 3.45. The number of methoxy groups -OCH3 is 1. The summed E-state index contributed by atoms with van der Waals surface area (Å²) in [6.45, 7) is 4.90. The van der Waals surface area contributed by atoms with Crippen molar-refractivity contribution in [3.8, 4) is 5.75 Å². The predicted octanol–water partition coefficient (Wildman–Crippen LogP) is 0.895. The van der Waals surface area contributed by atoms with Crippen LogP contribution in [0.4, 0.5) is 5.69 Å². The van der Waals surface area contributed by atoms with Crippen molar-refractivity contribution in [3.63, 3.8) is 0 Å². The van der Waals surface area contributed by atoms with Gasteiger partial charge in [-0.05, 0) is 0 Å². The van der Waals surface area contributed by atoms with Crippen LogP contribution >= 0.6 is 11.8 Å². The fourth-order valence-corrected chi connectivity index (χ4v) is 6.43. The molecule has 2 atom stereocenters. The van der Waals surface area contributed by atoms with Crippen molar-refractivity contribution < 1.29 is 50.1 Å². The van der Waals surface area contributed by atoms with E-state index in [-0.39, 0.29) is 12.0 Å². The number of nitrogens with zero attached hydrogens (tertiary/aromatic N) is 2. The molecule has 1 amide bonds. The Labute approximate surface area is 220 Å². The average molecular weight is 613 g/mol. The van der Waals surface area contributed by atoms with Crippen LogP contribution in [0, 0.1) is 0 Å². The monoisotopic (exact) mass is 613 g/mol. The van der Waals surface area contributed by atoms with Gasteiger partial charge in [0.15, 0.2) is 0 Å². The number of fused-ring (bicyclic) bond motifs is 1. The van der Waals surface area contributed by atoms with E-state index in [2.05, 4.69) is 3.11 Å². The Morgan fingerprint density at radius 1 is 1.14 bits per heavy atom. The van der Waals surface area contributed by atoms with E-state index in [1.165, 1.54) is 18.7 Å². The van der Waals surface area contributed by atoms with Crippen molar-refractivity contribution in [2.75, 3.05) is 30.7 Å². The Bertz CT molecular complexity index is 1080. The van der Waals surface area contributed by atoms with Crippen molar-refractivity contribution in [1.29, 1.82) is 0 Å². The molecule has 0 spiro atoms. The van der Waals surface area contributed by atoms with Crippen LogP contribution in [0.1, 0.15) is 41.9 Å². The van der Waals surface area contributed by atoms with Crippen molar-refractivity contribution in [2.24, 2.45) is 0 Å². The summed E-state index contributed by atoms with van der Waals surface area (Å²) in [5, 5.41) is -0.519. The van der Waals surface area contributed by atoms with Gasteiger partial charge in [0.1, 0.15) is 0 Å². The zero-order valence-electron chi connectivity index (χ0n) is 20.6. The molecule has 0 N–H and O–H groups in total. The normalized spacial score (nSPS) is 17.8. The standard InChI is InChI=1S/C25H30IN2O6S/c1-15(2)33-25(31)18-9-12-20-21(13-18)35-23(17-7-10-19(32-6)11-8-17)22(34-16(3)29)24(30)28(20)14-26-27(4)5/h7-13,15,22-23H,14H2,1-6H3/q-1/t22-,23+/m1/s1. The molecule has 2 aromatic carbocycles. The van der Waals surface area contributed by atoms with Crippen LogP contribution in [0.5, 0.6) is 5.75 Å². The van der Waals surface area contributed by atoms with Gasteiger partial charge in [0, 0.05) is 0 Å². The molecule has 1 heterocycles. The van der Waals surface area contributed by atoms with Crippen molar-refractivity contribution in [3.05, 3.63) is 53.6 Å². The third-order valence-corrected chi connectivity index (χ3v) is 8.72. The molecule has 0 fully saturated rings.